The number of nitrogens with one attached hydrogen (secondary N) is 1. The predicted molar refractivity (Wildman–Crippen MR) is 49.1 cm³/mol. The van der Waals surface area contributed by atoms with Gasteiger partial charge in [0.05, 0.1) is 0 Å². The van der Waals surface area contributed by atoms with E-state index < -0.39 is 0 Å². The number of hydrogen-bond donors (Lipinski definition) is 1. The monoisotopic (exact) mass is 166 g/mol. The SMILES string of the molecule is C1CC2CN(C3CNC3)CC2C1. The molecule has 3 aliphatic rings. The quantitative estimate of drug-likeness (QED) is 0.616. The van der Waals surface area contributed by atoms with E-state index in [-0.39, 0.29) is 0 Å². The highest BCUT2D eigenvalue weighted by molar-refractivity contribution is 4.94. The molecule has 2 atom stereocenters. The standard InChI is InChI=1S/C10H18N2/c1-2-8-6-12(7-9(8)3-1)10-4-11-5-10/h8-11H,1-7H2. The zero-order valence-corrected chi connectivity index (χ0v) is 7.63. The minimum absolute atomic E-state index is 0.899. The summed E-state index contributed by atoms with van der Waals surface area (Å²) in [5.41, 5.74) is 0. The summed E-state index contributed by atoms with van der Waals surface area (Å²) in [5, 5.41) is 3.36. The second kappa shape index (κ2) is 2.71. The first kappa shape index (κ1) is 7.34. The van der Waals surface area contributed by atoms with Gasteiger partial charge in [0.15, 0.2) is 0 Å². The third kappa shape index (κ3) is 1.01. The zero-order chi connectivity index (χ0) is 7.97. The lowest BCUT2D eigenvalue weighted by Gasteiger charge is -2.36. The van der Waals surface area contributed by atoms with E-state index >= 15 is 0 Å². The molecule has 12 heavy (non-hydrogen) atoms. The summed E-state index contributed by atoms with van der Waals surface area (Å²) in [6, 6.07) is 0.899. The van der Waals surface area contributed by atoms with Crippen molar-refractivity contribution in [1.29, 1.82) is 0 Å². The maximum atomic E-state index is 3.36. The van der Waals surface area contributed by atoms with Crippen LogP contribution in [0.4, 0.5) is 0 Å². The van der Waals surface area contributed by atoms with Gasteiger partial charge in [-0.15, -0.1) is 0 Å². The van der Waals surface area contributed by atoms with E-state index in [1.807, 2.05) is 0 Å². The number of fused-ring (bicyclic) bond motifs is 1. The summed E-state index contributed by atoms with van der Waals surface area (Å²) in [4.78, 5) is 2.73. The van der Waals surface area contributed by atoms with E-state index in [0.29, 0.717) is 0 Å². The molecule has 0 spiro atoms. The topological polar surface area (TPSA) is 15.3 Å². The molecule has 2 heteroatoms. The Hall–Kier alpha value is -0.0800. The van der Waals surface area contributed by atoms with Gasteiger partial charge in [-0.1, -0.05) is 6.42 Å². The molecule has 0 aromatic rings. The van der Waals surface area contributed by atoms with Gasteiger partial charge in [0.25, 0.3) is 0 Å². The van der Waals surface area contributed by atoms with E-state index in [4.69, 9.17) is 0 Å². The molecule has 2 nitrogen and oxygen atoms in total. The fourth-order valence-electron chi connectivity index (χ4n) is 3.10. The predicted octanol–water partition coefficient (Wildman–Crippen LogP) is 0.690. The first-order valence-electron chi connectivity index (χ1n) is 5.38. The molecule has 1 N–H and O–H groups in total. The molecule has 1 saturated carbocycles. The van der Waals surface area contributed by atoms with Crippen molar-refractivity contribution in [3.05, 3.63) is 0 Å². The first-order valence-corrected chi connectivity index (χ1v) is 5.38. The Kier molecular flexibility index (Phi) is 1.66. The molecule has 0 aromatic heterocycles. The molecular weight excluding hydrogens is 148 g/mol. The Bertz CT molecular complexity index is 165. The third-order valence-corrected chi connectivity index (χ3v) is 4.03. The molecule has 1 aliphatic carbocycles. The van der Waals surface area contributed by atoms with E-state index in [1.54, 1.807) is 0 Å². The summed E-state index contributed by atoms with van der Waals surface area (Å²) in [7, 11) is 0. The van der Waals surface area contributed by atoms with Gasteiger partial charge in [0.1, 0.15) is 0 Å². The fraction of sp³-hybridized carbons (Fsp3) is 1.00. The van der Waals surface area contributed by atoms with Crippen molar-refractivity contribution >= 4 is 0 Å². The van der Waals surface area contributed by atoms with Crippen LogP contribution in [-0.2, 0) is 0 Å². The third-order valence-electron chi connectivity index (χ3n) is 4.03. The Morgan fingerprint density at radius 2 is 1.67 bits per heavy atom. The second-order valence-electron chi connectivity index (χ2n) is 4.72. The Morgan fingerprint density at radius 3 is 2.17 bits per heavy atom. The molecular formula is C10H18N2. The molecule has 0 aromatic carbocycles. The lowest BCUT2D eigenvalue weighted by molar-refractivity contribution is 0.167. The average Bonchev–Trinajstić information content (AvgIpc) is 2.40. The van der Waals surface area contributed by atoms with E-state index in [2.05, 4.69) is 10.2 Å². The van der Waals surface area contributed by atoms with Crippen LogP contribution in [0.15, 0.2) is 0 Å². The summed E-state index contributed by atoms with van der Waals surface area (Å²) in [6.07, 6.45) is 4.54. The van der Waals surface area contributed by atoms with Crippen LogP contribution in [0, 0.1) is 11.8 Å². The minimum Gasteiger partial charge on any atom is -0.314 e. The van der Waals surface area contributed by atoms with Crippen LogP contribution in [0.1, 0.15) is 19.3 Å². The Labute approximate surface area is 74.3 Å². The van der Waals surface area contributed by atoms with Crippen LogP contribution in [0.2, 0.25) is 0 Å². The molecule has 2 saturated heterocycles. The summed E-state index contributed by atoms with van der Waals surface area (Å²) in [6.45, 7) is 5.33. The van der Waals surface area contributed by atoms with Gasteiger partial charge >= 0.3 is 0 Å². The molecule has 0 amide bonds. The lowest BCUT2D eigenvalue weighted by Crippen LogP contribution is -2.56. The van der Waals surface area contributed by atoms with Gasteiger partial charge in [0, 0.05) is 32.2 Å². The highest BCUT2D eigenvalue weighted by Gasteiger charge is 2.39. The number of likely N-dealkylation sites (tertiary alicyclic amines) is 1. The van der Waals surface area contributed by atoms with Crippen LogP contribution >= 0.6 is 0 Å². The van der Waals surface area contributed by atoms with Gasteiger partial charge in [-0.2, -0.15) is 0 Å². The normalized spacial score (nSPS) is 43.0. The van der Waals surface area contributed by atoms with Gasteiger partial charge < -0.3 is 5.32 Å². The molecule has 0 radical (unpaired) electrons. The summed E-state index contributed by atoms with van der Waals surface area (Å²) in [5.74, 6) is 2.15. The highest BCUT2D eigenvalue weighted by Crippen LogP contribution is 2.38. The largest absolute Gasteiger partial charge is 0.314 e. The first-order chi connectivity index (χ1) is 5.93. The maximum Gasteiger partial charge on any atom is 0.0345 e. The van der Waals surface area contributed by atoms with Crippen LogP contribution in [0.5, 0.6) is 0 Å². The maximum absolute atomic E-state index is 3.36. The molecule has 3 fully saturated rings. The van der Waals surface area contributed by atoms with Crippen LogP contribution in [-0.4, -0.2) is 37.1 Å². The van der Waals surface area contributed by atoms with E-state index in [1.165, 1.54) is 45.4 Å². The molecule has 0 bridgehead atoms. The van der Waals surface area contributed by atoms with Gasteiger partial charge in [0.2, 0.25) is 0 Å². The van der Waals surface area contributed by atoms with Crippen molar-refractivity contribution in [3.63, 3.8) is 0 Å². The summed E-state index contributed by atoms with van der Waals surface area (Å²) < 4.78 is 0. The van der Waals surface area contributed by atoms with Crippen molar-refractivity contribution in [2.24, 2.45) is 11.8 Å². The van der Waals surface area contributed by atoms with Gasteiger partial charge in [-0.3, -0.25) is 4.90 Å². The van der Waals surface area contributed by atoms with Crippen LogP contribution in [0.3, 0.4) is 0 Å². The van der Waals surface area contributed by atoms with Crippen LogP contribution < -0.4 is 5.32 Å². The number of hydrogen-bond acceptors (Lipinski definition) is 2. The number of rotatable bonds is 1. The fourth-order valence-corrected chi connectivity index (χ4v) is 3.10. The average molecular weight is 166 g/mol. The minimum atomic E-state index is 0.899. The molecule has 2 heterocycles. The molecule has 2 aliphatic heterocycles. The Morgan fingerprint density at radius 1 is 1.00 bits per heavy atom. The van der Waals surface area contributed by atoms with Crippen molar-refractivity contribution in [3.8, 4) is 0 Å². The van der Waals surface area contributed by atoms with E-state index in [9.17, 15) is 0 Å². The van der Waals surface area contributed by atoms with Crippen molar-refractivity contribution in [2.75, 3.05) is 26.2 Å². The van der Waals surface area contributed by atoms with Crippen molar-refractivity contribution in [2.45, 2.75) is 25.3 Å². The second-order valence-corrected chi connectivity index (χ2v) is 4.72. The van der Waals surface area contributed by atoms with Crippen molar-refractivity contribution in [1.82, 2.24) is 10.2 Å². The Balaban J connectivity index is 1.63. The molecule has 68 valence electrons. The zero-order valence-electron chi connectivity index (χ0n) is 7.63. The summed E-state index contributed by atoms with van der Waals surface area (Å²) >= 11 is 0. The smallest absolute Gasteiger partial charge is 0.0345 e. The lowest BCUT2D eigenvalue weighted by atomic mass is 10.0. The molecule has 3 rings (SSSR count). The highest BCUT2D eigenvalue weighted by atomic mass is 15.3. The number of nitrogens with zero attached hydrogens (tertiary/aromatic N) is 1. The van der Waals surface area contributed by atoms with E-state index in [0.717, 1.165) is 17.9 Å². The van der Waals surface area contributed by atoms with Gasteiger partial charge in [-0.05, 0) is 24.7 Å². The van der Waals surface area contributed by atoms with Crippen molar-refractivity contribution < 1.29 is 0 Å². The van der Waals surface area contributed by atoms with Gasteiger partial charge in [-0.25, -0.2) is 0 Å². The molecule has 2 unspecified atom stereocenters. The van der Waals surface area contributed by atoms with Crippen LogP contribution in [0.25, 0.3) is 0 Å².